The Morgan fingerprint density at radius 1 is 1.50 bits per heavy atom. The van der Waals surface area contributed by atoms with E-state index in [1.165, 1.54) is 0 Å². The predicted molar refractivity (Wildman–Crippen MR) is 53.8 cm³/mol. The van der Waals surface area contributed by atoms with Gasteiger partial charge in [0.05, 0.1) is 12.7 Å². The summed E-state index contributed by atoms with van der Waals surface area (Å²) in [7, 11) is 0. The molecule has 0 bridgehead atoms. The van der Waals surface area contributed by atoms with Gasteiger partial charge in [-0.3, -0.25) is 4.98 Å². The van der Waals surface area contributed by atoms with Crippen LogP contribution in [-0.4, -0.2) is 34.5 Å². The molecule has 1 aromatic rings. The van der Waals surface area contributed by atoms with E-state index in [1.807, 2.05) is 19.1 Å². The third kappa shape index (κ3) is 3.83. The Balaban J connectivity index is 2.28. The molecule has 0 aliphatic carbocycles. The average Bonchev–Trinajstić information content (AvgIpc) is 2.21. The maximum Gasteiger partial charge on any atom is 0.0895 e. The van der Waals surface area contributed by atoms with Crippen LogP contribution in [0, 0.1) is 6.92 Å². The van der Waals surface area contributed by atoms with Crippen LogP contribution in [0.2, 0.25) is 0 Å². The highest BCUT2D eigenvalue weighted by Gasteiger charge is 2.00. The van der Waals surface area contributed by atoms with Crippen LogP contribution in [0.3, 0.4) is 0 Å². The summed E-state index contributed by atoms with van der Waals surface area (Å²) in [6.07, 6.45) is 1.11. The van der Waals surface area contributed by atoms with E-state index in [0.717, 1.165) is 11.3 Å². The first-order chi connectivity index (χ1) is 6.72. The smallest absolute Gasteiger partial charge is 0.0895 e. The highest BCUT2D eigenvalue weighted by Crippen LogP contribution is 1.98. The third-order valence-corrected chi connectivity index (χ3v) is 1.89. The molecule has 0 spiro atoms. The van der Waals surface area contributed by atoms with Crippen LogP contribution in [0.25, 0.3) is 0 Å². The van der Waals surface area contributed by atoms with Crippen molar-refractivity contribution in [3.05, 3.63) is 29.6 Å². The number of aliphatic hydroxyl groups excluding tert-OH is 2. The van der Waals surface area contributed by atoms with Crippen LogP contribution < -0.4 is 5.32 Å². The second-order valence-electron chi connectivity index (χ2n) is 3.28. The first-order valence-corrected chi connectivity index (χ1v) is 4.63. The quantitative estimate of drug-likeness (QED) is 0.612. The molecule has 0 saturated carbocycles. The lowest BCUT2D eigenvalue weighted by Crippen LogP contribution is -2.28. The normalized spacial score (nSPS) is 12.8. The highest BCUT2D eigenvalue weighted by atomic mass is 16.3. The van der Waals surface area contributed by atoms with Crippen LogP contribution >= 0.6 is 0 Å². The first-order valence-electron chi connectivity index (χ1n) is 4.63. The summed E-state index contributed by atoms with van der Waals surface area (Å²) >= 11 is 0. The van der Waals surface area contributed by atoms with Gasteiger partial charge in [-0.05, 0) is 18.6 Å². The van der Waals surface area contributed by atoms with Gasteiger partial charge in [0.2, 0.25) is 0 Å². The van der Waals surface area contributed by atoms with Crippen molar-refractivity contribution in [3.63, 3.8) is 0 Å². The number of hydrogen-bond acceptors (Lipinski definition) is 4. The van der Waals surface area contributed by atoms with Crippen LogP contribution in [0.4, 0.5) is 0 Å². The monoisotopic (exact) mass is 196 g/mol. The Hall–Kier alpha value is -0.970. The van der Waals surface area contributed by atoms with Crippen molar-refractivity contribution in [2.45, 2.75) is 19.6 Å². The highest BCUT2D eigenvalue weighted by molar-refractivity contribution is 5.12. The molecule has 0 fully saturated rings. The van der Waals surface area contributed by atoms with Crippen molar-refractivity contribution in [2.75, 3.05) is 13.2 Å². The number of aliphatic hydroxyl groups is 2. The van der Waals surface area contributed by atoms with Gasteiger partial charge in [0.1, 0.15) is 0 Å². The Bertz CT molecular complexity index is 261. The lowest BCUT2D eigenvalue weighted by Gasteiger charge is -2.08. The van der Waals surface area contributed by atoms with E-state index in [0.29, 0.717) is 13.1 Å². The minimum absolute atomic E-state index is 0.209. The molecule has 0 radical (unpaired) electrons. The van der Waals surface area contributed by atoms with Crippen molar-refractivity contribution < 1.29 is 10.2 Å². The Morgan fingerprint density at radius 3 is 2.86 bits per heavy atom. The van der Waals surface area contributed by atoms with Gasteiger partial charge in [0.25, 0.3) is 0 Å². The summed E-state index contributed by atoms with van der Waals surface area (Å²) in [5, 5.41) is 20.6. The summed E-state index contributed by atoms with van der Waals surface area (Å²) < 4.78 is 0. The van der Waals surface area contributed by atoms with E-state index < -0.39 is 6.10 Å². The fraction of sp³-hybridized carbons (Fsp3) is 0.500. The van der Waals surface area contributed by atoms with Crippen molar-refractivity contribution in [1.82, 2.24) is 10.3 Å². The molecule has 0 aliphatic heterocycles. The molecule has 4 nitrogen and oxygen atoms in total. The van der Waals surface area contributed by atoms with E-state index >= 15 is 0 Å². The fourth-order valence-electron chi connectivity index (χ4n) is 1.05. The molecule has 1 aromatic heterocycles. The van der Waals surface area contributed by atoms with Crippen molar-refractivity contribution in [3.8, 4) is 0 Å². The number of pyridine rings is 1. The SMILES string of the molecule is Cc1ccc(CNCC(O)CO)cn1. The molecule has 3 N–H and O–H groups in total. The van der Waals surface area contributed by atoms with Gasteiger partial charge >= 0.3 is 0 Å². The number of nitrogens with zero attached hydrogens (tertiary/aromatic N) is 1. The molecule has 0 aliphatic rings. The summed E-state index contributed by atoms with van der Waals surface area (Å²) in [4.78, 5) is 4.15. The van der Waals surface area contributed by atoms with Crippen LogP contribution in [0.1, 0.15) is 11.3 Å². The molecular formula is C10H16N2O2. The number of aromatic nitrogens is 1. The molecule has 1 rings (SSSR count). The molecule has 1 atom stereocenters. The molecule has 4 heteroatoms. The zero-order chi connectivity index (χ0) is 10.4. The van der Waals surface area contributed by atoms with Gasteiger partial charge < -0.3 is 15.5 Å². The molecule has 0 saturated heterocycles. The van der Waals surface area contributed by atoms with Crippen molar-refractivity contribution in [2.24, 2.45) is 0 Å². The summed E-state index contributed by atoms with van der Waals surface area (Å²) in [6.45, 7) is 2.78. The topological polar surface area (TPSA) is 65.4 Å². The van der Waals surface area contributed by atoms with Crippen molar-refractivity contribution in [1.29, 1.82) is 0 Å². The molecule has 1 unspecified atom stereocenters. The summed E-state index contributed by atoms with van der Waals surface area (Å²) in [5.74, 6) is 0. The van der Waals surface area contributed by atoms with Crippen LogP contribution in [-0.2, 0) is 6.54 Å². The standard InChI is InChI=1S/C10H16N2O2/c1-8-2-3-9(5-12-8)4-11-6-10(14)7-13/h2-3,5,10-11,13-14H,4,6-7H2,1H3. The number of rotatable bonds is 5. The fourth-order valence-corrected chi connectivity index (χ4v) is 1.05. The van der Waals surface area contributed by atoms with Gasteiger partial charge in [-0.15, -0.1) is 0 Å². The van der Waals surface area contributed by atoms with E-state index in [4.69, 9.17) is 10.2 Å². The lowest BCUT2D eigenvalue weighted by atomic mass is 10.2. The predicted octanol–water partition coefficient (Wildman–Crippen LogP) is -0.167. The molecule has 1 heterocycles. The van der Waals surface area contributed by atoms with Crippen LogP contribution in [0.5, 0.6) is 0 Å². The van der Waals surface area contributed by atoms with E-state index in [2.05, 4.69) is 10.3 Å². The Labute approximate surface area is 83.6 Å². The van der Waals surface area contributed by atoms with Crippen molar-refractivity contribution >= 4 is 0 Å². The van der Waals surface area contributed by atoms with Gasteiger partial charge in [-0.2, -0.15) is 0 Å². The van der Waals surface area contributed by atoms with E-state index in [-0.39, 0.29) is 6.61 Å². The minimum atomic E-state index is -0.687. The average molecular weight is 196 g/mol. The Kier molecular flexibility index (Phi) is 4.52. The molecule has 0 aromatic carbocycles. The number of aryl methyl sites for hydroxylation is 1. The third-order valence-electron chi connectivity index (χ3n) is 1.89. The number of hydrogen-bond donors (Lipinski definition) is 3. The zero-order valence-electron chi connectivity index (χ0n) is 8.27. The lowest BCUT2D eigenvalue weighted by molar-refractivity contribution is 0.0942. The van der Waals surface area contributed by atoms with Crippen LogP contribution in [0.15, 0.2) is 18.3 Å². The van der Waals surface area contributed by atoms with Gasteiger partial charge in [-0.1, -0.05) is 6.07 Å². The molecule has 14 heavy (non-hydrogen) atoms. The molecular weight excluding hydrogens is 180 g/mol. The van der Waals surface area contributed by atoms with E-state index in [9.17, 15) is 0 Å². The maximum absolute atomic E-state index is 9.05. The molecule has 78 valence electrons. The van der Waals surface area contributed by atoms with Gasteiger partial charge in [0.15, 0.2) is 0 Å². The summed E-state index contributed by atoms with van der Waals surface area (Å²) in [5.41, 5.74) is 2.06. The van der Waals surface area contributed by atoms with Gasteiger partial charge in [-0.25, -0.2) is 0 Å². The maximum atomic E-state index is 9.05. The number of nitrogens with one attached hydrogen (secondary N) is 1. The zero-order valence-corrected chi connectivity index (χ0v) is 8.27. The molecule has 0 amide bonds. The summed E-state index contributed by atoms with van der Waals surface area (Å²) in [6, 6.07) is 3.93. The largest absolute Gasteiger partial charge is 0.394 e. The first kappa shape index (κ1) is 11.1. The Morgan fingerprint density at radius 2 is 2.29 bits per heavy atom. The second kappa shape index (κ2) is 5.70. The second-order valence-corrected chi connectivity index (χ2v) is 3.28. The minimum Gasteiger partial charge on any atom is -0.394 e. The van der Waals surface area contributed by atoms with E-state index in [1.54, 1.807) is 6.20 Å². The van der Waals surface area contributed by atoms with Gasteiger partial charge in [0, 0.05) is 25.0 Å².